The summed E-state index contributed by atoms with van der Waals surface area (Å²) in [5.41, 5.74) is 0.951. The lowest BCUT2D eigenvalue weighted by Gasteiger charge is -2.20. The molecule has 2 fully saturated rings. The Morgan fingerprint density at radius 1 is 1.19 bits per heavy atom. The van der Waals surface area contributed by atoms with Crippen LogP contribution < -0.4 is 10.0 Å². The fourth-order valence-electron chi connectivity index (χ4n) is 2.87. The second-order valence-electron chi connectivity index (χ2n) is 5.74. The zero-order chi connectivity index (χ0) is 14.9. The molecule has 6 heteroatoms. The second kappa shape index (κ2) is 5.94. The molecule has 0 radical (unpaired) electrons. The normalized spacial score (nSPS) is 26.0. The summed E-state index contributed by atoms with van der Waals surface area (Å²) in [7, 11) is -3.37. The average Bonchev–Trinajstić information content (AvgIpc) is 3.20. The van der Waals surface area contributed by atoms with Gasteiger partial charge in [0.1, 0.15) is 0 Å². The molecule has 116 valence electrons. The number of benzene rings is 1. The first kappa shape index (κ1) is 14.8. The first-order valence-corrected chi connectivity index (χ1v) is 9.06. The van der Waals surface area contributed by atoms with Crippen molar-refractivity contribution in [3.05, 3.63) is 24.3 Å². The molecule has 1 saturated heterocycles. The van der Waals surface area contributed by atoms with Gasteiger partial charge in [-0.25, -0.2) is 13.1 Å². The van der Waals surface area contributed by atoms with E-state index >= 15 is 0 Å². The lowest BCUT2D eigenvalue weighted by molar-refractivity contribution is 0.0898. The van der Waals surface area contributed by atoms with E-state index in [1.54, 1.807) is 19.1 Å². The van der Waals surface area contributed by atoms with Crippen molar-refractivity contribution in [2.24, 2.45) is 5.92 Å². The minimum atomic E-state index is -3.37. The van der Waals surface area contributed by atoms with Crippen molar-refractivity contribution in [2.45, 2.75) is 43.2 Å². The predicted octanol–water partition coefficient (Wildman–Crippen LogP) is 1.96. The van der Waals surface area contributed by atoms with Crippen LogP contribution in [-0.4, -0.2) is 33.7 Å². The quantitative estimate of drug-likeness (QED) is 0.843. The summed E-state index contributed by atoms with van der Waals surface area (Å²) < 4.78 is 32.1. The Bertz CT molecular complexity index is 581. The summed E-state index contributed by atoms with van der Waals surface area (Å²) in [4.78, 5) is 0.302. The van der Waals surface area contributed by atoms with Crippen molar-refractivity contribution in [2.75, 3.05) is 18.5 Å². The summed E-state index contributed by atoms with van der Waals surface area (Å²) in [5.74, 6) is 0.707. The molecular formula is C15H22N2O3S. The van der Waals surface area contributed by atoms with E-state index in [1.165, 1.54) is 12.8 Å². The molecule has 0 aromatic heterocycles. The molecule has 0 bridgehead atoms. The molecule has 21 heavy (non-hydrogen) atoms. The number of ether oxygens (including phenoxy) is 1. The molecule has 2 atom stereocenters. The lowest BCUT2D eigenvalue weighted by atomic mass is 10.1. The largest absolute Gasteiger partial charge is 0.380 e. The second-order valence-corrected chi connectivity index (χ2v) is 7.51. The minimum Gasteiger partial charge on any atom is -0.380 e. The van der Waals surface area contributed by atoms with Gasteiger partial charge in [-0.05, 0) is 49.4 Å². The molecule has 1 aromatic carbocycles. The molecule has 0 spiro atoms. The maximum absolute atomic E-state index is 11.9. The monoisotopic (exact) mass is 310 g/mol. The average molecular weight is 310 g/mol. The molecular weight excluding hydrogens is 288 g/mol. The zero-order valence-corrected chi connectivity index (χ0v) is 13.0. The molecule has 1 aliphatic carbocycles. The van der Waals surface area contributed by atoms with Gasteiger partial charge in [0.15, 0.2) is 0 Å². The Hall–Kier alpha value is -1.11. The highest BCUT2D eigenvalue weighted by Gasteiger charge is 2.40. The Kier molecular flexibility index (Phi) is 4.19. The SMILES string of the molecule is CCNS(=O)(=O)c1ccc(NC2CCOC2C2CC2)cc1. The summed E-state index contributed by atoms with van der Waals surface area (Å²) in [6.07, 6.45) is 3.86. The van der Waals surface area contributed by atoms with Gasteiger partial charge in [-0.3, -0.25) is 0 Å². The number of anilines is 1. The van der Waals surface area contributed by atoms with Gasteiger partial charge in [-0.15, -0.1) is 0 Å². The van der Waals surface area contributed by atoms with E-state index in [2.05, 4.69) is 10.0 Å². The molecule has 1 saturated carbocycles. The molecule has 0 amide bonds. The van der Waals surface area contributed by atoms with Crippen LogP contribution in [0.1, 0.15) is 26.2 Å². The molecule has 2 N–H and O–H groups in total. The van der Waals surface area contributed by atoms with Crippen molar-refractivity contribution in [3.63, 3.8) is 0 Å². The van der Waals surface area contributed by atoms with Gasteiger partial charge in [0.25, 0.3) is 0 Å². The van der Waals surface area contributed by atoms with Crippen LogP contribution in [0.15, 0.2) is 29.2 Å². The number of nitrogens with one attached hydrogen (secondary N) is 2. The maximum atomic E-state index is 11.9. The van der Waals surface area contributed by atoms with Gasteiger partial charge in [0.2, 0.25) is 10.0 Å². The fourth-order valence-corrected chi connectivity index (χ4v) is 3.91. The van der Waals surface area contributed by atoms with Crippen LogP contribution >= 0.6 is 0 Å². The summed E-state index contributed by atoms with van der Waals surface area (Å²) in [5, 5.41) is 3.48. The first-order chi connectivity index (χ1) is 10.1. The van der Waals surface area contributed by atoms with E-state index in [0.717, 1.165) is 18.7 Å². The number of rotatable bonds is 6. The van der Waals surface area contributed by atoms with E-state index in [0.29, 0.717) is 29.5 Å². The van der Waals surface area contributed by atoms with Gasteiger partial charge < -0.3 is 10.1 Å². The van der Waals surface area contributed by atoms with E-state index in [4.69, 9.17) is 4.74 Å². The van der Waals surface area contributed by atoms with Crippen LogP contribution in [0.3, 0.4) is 0 Å². The minimum absolute atomic E-state index is 0.302. The van der Waals surface area contributed by atoms with Crippen LogP contribution in [0.2, 0.25) is 0 Å². The van der Waals surface area contributed by atoms with Gasteiger partial charge in [-0.2, -0.15) is 0 Å². The highest BCUT2D eigenvalue weighted by atomic mass is 32.2. The van der Waals surface area contributed by atoms with Crippen LogP contribution in [0.4, 0.5) is 5.69 Å². The number of hydrogen-bond acceptors (Lipinski definition) is 4. The lowest BCUT2D eigenvalue weighted by Crippen LogP contribution is -2.31. The Morgan fingerprint density at radius 3 is 2.52 bits per heavy atom. The van der Waals surface area contributed by atoms with Gasteiger partial charge >= 0.3 is 0 Å². The standard InChI is InChI=1S/C15H22N2O3S/c1-2-16-21(18,19)13-7-5-12(6-8-13)17-14-9-10-20-15(14)11-3-4-11/h5-8,11,14-17H,2-4,9-10H2,1H3. The topological polar surface area (TPSA) is 67.4 Å². The van der Waals surface area contributed by atoms with Crippen molar-refractivity contribution in [1.82, 2.24) is 4.72 Å². The van der Waals surface area contributed by atoms with Crippen LogP contribution in [0.25, 0.3) is 0 Å². The molecule has 1 aromatic rings. The van der Waals surface area contributed by atoms with E-state index in [-0.39, 0.29) is 0 Å². The van der Waals surface area contributed by atoms with Gasteiger partial charge in [0.05, 0.1) is 17.0 Å². The van der Waals surface area contributed by atoms with Gasteiger partial charge in [0, 0.05) is 18.8 Å². The maximum Gasteiger partial charge on any atom is 0.240 e. The van der Waals surface area contributed by atoms with Gasteiger partial charge in [-0.1, -0.05) is 6.92 Å². The third kappa shape index (κ3) is 3.39. The first-order valence-electron chi connectivity index (χ1n) is 7.58. The molecule has 1 aliphatic heterocycles. The van der Waals surface area contributed by atoms with Crippen molar-refractivity contribution in [3.8, 4) is 0 Å². The van der Waals surface area contributed by atoms with Crippen molar-refractivity contribution >= 4 is 15.7 Å². The molecule has 1 heterocycles. The fraction of sp³-hybridized carbons (Fsp3) is 0.600. The Morgan fingerprint density at radius 2 is 1.90 bits per heavy atom. The third-order valence-corrected chi connectivity index (χ3v) is 5.63. The van der Waals surface area contributed by atoms with E-state index < -0.39 is 10.0 Å². The summed E-state index contributed by atoms with van der Waals surface area (Å²) in [6, 6.07) is 7.28. The zero-order valence-electron chi connectivity index (χ0n) is 12.2. The number of sulfonamides is 1. The predicted molar refractivity (Wildman–Crippen MR) is 81.8 cm³/mol. The summed E-state index contributed by atoms with van der Waals surface area (Å²) >= 11 is 0. The molecule has 2 aliphatic rings. The van der Waals surface area contributed by atoms with E-state index in [9.17, 15) is 8.42 Å². The third-order valence-electron chi connectivity index (χ3n) is 4.07. The number of hydrogen-bond donors (Lipinski definition) is 2. The van der Waals surface area contributed by atoms with E-state index in [1.807, 2.05) is 12.1 Å². The van der Waals surface area contributed by atoms with Crippen molar-refractivity contribution < 1.29 is 13.2 Å². The Labute approximate surface area is 126 Å². The van der Waals surface area contributed by atoms with Crippen LogP contribution in [-0.2, 0) is 14.8 Å². The van der Waals surface area contributed by atoms with Crippen LogP contribution in [0, 0.1) is 5.92 Å². The highest BCUT2D eigenvalue weighted by molar-refractivity contribution is 7.89. The molecule has 5 nitrogen and oxygen atoms in total. The summed E-state index contributed by atoms with van der Waals surface area (Å²) in [6.45, 7) is 2.97. The Balaban J connectivity index is 1.67. The smallest absolute Gasteiger partial charge is 0.240 e. The molecule has 2 unspecified atom stereocenters. The highest BCUT2D eigenvalue weighted by Crippen LogP contribution is 2.39. The van der Waals surface area contributed by atoms with Crippen LogP contribution in [0.5, 0.6) is 0 Å². The van der Waals surface area contributed by atoms with Crippen molar-refractivity contribution in [1.29, 1.82) is 0 Å². The molecule has 3 rings (SSSR count).